The Balaban J connectivity index is 1.60. The largest absolute Gasteiger partial charge is 0.390 e. The van der Waals surface area contributed by atoms with Crippen LogP contribution in [0.25, 0.3) is 0 Å². The summed E-state index contributed by atoms with van der Waals surface area (Å²) in [5, 5.41) is 23.9. The summed E-state index contributed by atoms with van der Waals surface area (Å²) in [6, 6.07) is 22.0. The molecular weight excluding hydrogens is 602 g/mol. The predicted molar refractivity (Wildman–Crippen MR) is 184 cm³/mol. The Labute approximate surface area is 273 Å². The Kier molecular flexibility index (Phi) is 12.6. The number of benzene rings is 3. The van der Waals surface area contributed by atoms with Gasteiger partial charge in [-0.2, -0.15) is 0 Å². The molecule has 3 atom stereocenters. The number of nitrogens with zero attached hydrogens (tertiary/aromatic N) is 1. The minimum Gasteiger partial charge on any atom is -0.390 e. The van der Waals surface area contributed by atoms with E-state index in [1.54, 1.807) is 55.5 Å². The molecule has 4 rings (SSSR count). The number of hydrogen-bond donors (Lipinski definition) is 5. The van der Waals surface area contributed by atoms with Crippen molar-refractivity contribution in [3.8, 4) is 0 Å². The van der Waals surface area contributed by atoms with Crippen LogP contribution in [0.15, 0.2) is 78.9 Å². The van der Waals surface area contributed by atoms with Gasteiger partial charge in [0.2, 0.25) is 15.9 Å². The number of hydrogen-bond acceptors (Lipinski definition) is 7. The molecule has 0 saturated heterocycles. The molecule has 1 aliphatic rings. The Morgan fingerprint density at radius 3 is 2.22 bits per heavy atom. The predicted octanol–water partition coefficient (Wildman–Crippen LogP) is 4.35. The van der Waals surface area contributed by atoms with Crippen LogP contribution in [0.5, 0.6) is 0 Å². The molecule has 1 aliphatic carbocycles. The van der Waals surface area contributed by atoms with E-state index in [2.05, 4.69) is 21.3 Å². The molecule has 2 amide bonds. The molecule has 0 unspecified atom stereocenters. The Morgan fingerprint density at radius 1 is 0.935 bits per heavy atom. The summed E-state index contributed by atoms with van der Waals surface area (Å²) >= 11 is 0. The third kappa shape index (κ3) is 9.54. The number of carbonyl (C=O) groups is 2. The number of anilines is 3. The highest BCUT2D eigenvalue weighted by Crippen LogP contribution is 2.37. The first-order chi connectivity index (χ1) is 22.1. The maximum Gasteiger partial charge on any atom is 0.253 e. The smallest absolute Gasteiger partial charge is 0.253 e. The van der Waals surface area contributed by atoms with Gasteiger partial charge in [-0.25, -0.2) is 12.7 Å². The molecule has 0 aromatic heterocycles. The summed E-state index contributed by atoms with van der Waals surface area (Å²) < 4.78 is 27.7. The van der Waals surface area contributed by atoms with E-state index in [0.717, 1.165) is 41.8 Å². The molecular formula is C35H47N5O5S. The van der Waals surface area contributed by atoms with Crippen LogP contribution in [0.4, 0.5) is 17.1 Å². The van der Waals surface area contributed by atoms with Crippen molar-refractivity contribution in [3.05, 3.63) is 90.0 Å². The molecule has 10 nitrogen and oxygen atoms in total. The highest BCUT2D eigenvalue weighted by molar-refractivity contribution is 7.92. The number of aliphatic hydroxyl groups is 1. The lowest BCUT2D eigenvalue weighted by atomic mass is 9.95. The lowest BCUT2D eigenvalue weighted by molar-refractivity contribution is -0.123. The Hall–Kier alpha value is -3.93. The molecule has 0 radical (unpaired) electrons. The van der Waals surface area contributed by atoms with Gasteiger partial charge in [-0.15, -0.1) is 0 Å². The van der Waals surface area contributed by atoms with E-state index in [1.165, 1.54) is 6.42 Å². The van der Waals surface area contributed by atoms with Crippen LogP contribution < -0.4 is 25.6 Å². The molecule has 11 heteroatoms. The summed E-state index contributed by atoms with van der Waals surface area (Å²) in [6.07, 6.45) is 5.72. The topological polar surface area (TPSA) is 140 Å². The number of amides is 2. The molecule has 5 N–H and O–H groups in total. The standard InChI is InChI=1S/C35H47N5O5S/c1-4-36-30-22-14-21-29(33(30)40(46(3,44)45)28-19-12-7-13-20-28)35(43)39-31(23-26-15-8-5-9-16-26)32(41)24-37-25(2)34(42)38-27-17-10-6-11-18-27/h5,7-9,12-16,19-22,25,27,31-32,36-37,41H,4,6,10-11,17-18,23-24H2,1-3H3,(H,38,42)(H,39,43)/t25-,31-,32+/m0/s1. The van der Waals surface area contributed by atoms with Crippen molar-refractivity contribution in [2.24, 2.45) is 0 Å². The summed E-state index contributed by atoms with van der Waals surface area (Å²) in [5.74, 6) is -0.656. The van der Waals surface area contributed by atoms with Gasteiger partial charge in [-0.05, 0) is 62.9 Å². The first-order valence-corrected chi connectivity index (χ1v) is 17.9. The van der Waals surface area contributed by atoms with Crippen LogP contribution in [-0.4, -0.2) is 68.9 Å². The monoisotopic (exact) mass is 649 g/mol. The maximum absolute atomic E-state index is 14.1. The Bertz CT molecular complexity index is 1530. The molecule has 3 aromatic carbocycles. The van der Waals surface area contributed by atoms with E-state index in [9.17, 15) is 23.1 Å². The zero-order valence-corrected chi connectivity index (χ0v) is 27.7. The van der Waals surface area contributed by atoms with E-state index in [4.69, 9.17) is 0 Å². The van der Waals surface area contributed by atoms with E-state index < -0.39 is 34.1 Å². The van der Waals surface area contributed by atoms with Crippen LogP contribution in [-0.2, 0) is 21.2 Å². The van der Waals surface area contributed by atoms with E-state index >= 15 is 0 Å². The van der Waals surface area contributed by atoms with Crippen molar-refractivity contribution in [1.82, 2.24) is 16.0 Å². The number of sulfonamides is 1. The number of carbonyl (C=O) groups excluding carboxylic acids is 2. The fourth-order valence-electron chi connectivity index (χ4n) is 5.83. The molecule has 3 aromatic rings. The van der Waals surface area contributed by atoms with Crippen LogP contribution >= 0.6 is 0 Å². The number of aliphatic hydroxyl groups excluding tert-OH is 1. The van der Waals surface area contributed by atoms with Crippen LogP contribution in [0, 0.1) is 0 Å². The van der Waals surface area contributed by atoms with Gasteiger partial charge >= 0.3 is 0 Å². The second-order valence-corrected chi connectivity index (χ2v) is 13.7. The van der Waals surface area contributed by atoms with Crippen LogP contribution in [0.3, 0.4) is 0 Å². The normalized spacial score (nSPS) is 15.7. The van der Waals surface area contributed by atoms with Gasteiger partial charge in [-0.3, -0.25) is 9.59 Å². The van der Waals surface area contributed by atoms with Gasteiger partial charge in [0.25, 0.3) is 5.91 Å². The highest BCUT2D eigenvalue weighted by atomic mass is 32.2. The molecule has 0 bridgehead atoms. The van der Waals surface area contributed by atoms with Crippen LogP contribution in [0.1, 0.15) is 61.9 Å². The number of rotatable bonds is 15. The molecule has 1 fully saturated rings. The molecule has 1 saturated carbocycles. The van der Waals surface area contributed by atoms with E-state index in [1.807, 2.05) is 37.3 Å². The van der Waals surface area contributed by atoms with Gasteiger partial charge in [0, 0.05) is 19.1 Å². The van der Waals surface area contributed by atoms with Gasteiger partial charge in [0.1, 0.15) is 0 Å². The Morgan fingerprint density at radius 2 is 1.59 bits per heavy atom. The third-order valence-corrected chi connectivity index (χ3v) is 9.29. The van der Waals surface area contributed by atoms with Gasteiger partial charge in [0.15, 0.2) is 0 Å². The average molecular weight is 650 g/mol. The van der Waals surface area contributed by atoms with Gasteiger partial charge in [0.05, 0.1) is 47.1 Å². The van der Waals surface area contributed by atoms with Crippen molar-refractivity contribution in [2.75, 3.05) is 29.0 Å². The first kappa shape index (κ1) is 34.9. The second-order valence-electron chi connectivity index (χ2n) is 11.9. The molecule has 0 spiro atoms. The molecule has 46 heavy (non-hydrogen) atoms. The third-order valence-electron chi connectivity index (χ3n) is 8.23. The molecule has 0 heterocycles. The van der Waals surface area contributed by atoms with Crippen molar-refractivity contribution < 1.29 is 23.1 Å². The summed E-state index contributed by atoms with van der Waals surface area (Å²) in [7, 11) is -3.88. The summed E-state index contributed by atoms with van der Waals surface area (Å²) in [4.78, 5) is 26.9. The number of nitrogens with one attached hydrogen (secondary N) is 4. The van der Waals surface area contributed by atoms with Crippen molar-refractivity contribution in [3.63, 3.8) is 0 Å². The van der Waals surface area contributed by atoms with E-state index in [0.29, 0.717) is 24.3 Å². The lowest BCUT2D eigenvalue weighted by Crippen LogP contribution is -2.53. The molecule has 0 aliphatic heterocycles. The quantitative estimate of drug-likeness (QED) is 0.165. The average Bonchev–Trinajstić information content (AvgIpc) is 3.04. The zero-order chi connectivity index (χ0) is 33.1. The van der Waals surface area contributed by atoms with Crippen molar-refractivity contribution in [1.29, 1.82) is 0 Å². The highest BCUT2D eigenvalue weighted by Gasteiger charge is 2.30. The fourth-order valence-corrected chi connectivity index (χ4v) is 6.86. The van der Waals surface area contributed by atoms with E-state index in [-0.39, 0.29) is 29.7 Å². The van der Waals surface area contributed by atoms with Crippen molar-refractivity contribution in [2.45, 2.75) is 76.6 Å². The maximum atomic E-state index is 14.1. The second kappa shape index (κ2) is 16.6. The summed E-state index contributed by atoms with van der Waals surface area (Å²) in [6.45, 7) is 4.20. The van der Waals surface area contributed by atoms with Crippen molar-refractivity contribution >= 4 is 38.9 Å². The first-order valence-electron chi connectivity index (χ1n) is 16.1. The fraction of sp³-hybridized carbons (Fsp3) is 0.429. The van der Waals surface area contributed by atoms with Gasteiger partial charge in [-0.1, -0.05) is 73.9 Å². The van der Waals surface area contributed by atoms with Gasteiger partial charge < -0.3 is 26.4 Å². The lowest BCUT2D eigenvalue weighted by Gasteiger charge is -2.29. The minimum atomic E-state index is -3.88. The molecule has 248 valence electrons. The summed E-state index contributed by atoms with van der Waals surface area (Å²) in [5.41, 5.74) is 2.08. The van der Waals surface area contributed by atoms with Crippen LogP contribution in [0.2, 0.25) is 0 Å². The minimum absolute atomic E-state index is 0.0563. The number of para-hydroxylation sites is 2. The SMILES string of the molecule is CCNc1cccc(C(=O)N[C@@H](Cc2ccccc2)[C@H](O)CN[C@@H](C)C(=O)NC2CCCCC2)c1N(c1ccccc1)S(C)(=O)=O. The zero-order valence-electron chi connectivity index (χ0n) is 26.9.